The molecule has 0 unspecified atom stereocenters. The number of carbonyl (C=O) groups is 1. The monoisotopic (exact) mass is 294 g/mol. The van der Waals surface area contributed by atoms with Crippen molar-refractivity contribution in [1.29, 1.82) is 0 Å². The molecule has 0 aliphatic carbocycles. The molecular formula is C9H8ClFN2O4S. The average Bonchev–Trinajstić information content (AvgIpc) is 2.69. The van der Waals surface area contributed by atoms with Crippen molar-refractivity contribution in [3.05, 3.63) is 29.0 Å². The molecule has 1 aliphatic rings. The van der Waals surface area contributed by atoms with E-state index in [1.54, 1.807) is 0 Å². The lowest BCUT2D eigenvalue weighted by Crippen LogP contribution is -2.36. The number of ether oxygens (including phenoxy) is 1. The van der Waals surface area contributed by atoms with Gasteiger partial charge in [-0.3, -0.25) is 4.72 Å². The van der Waals surface area contributed by atoms with E-state index in [9.17, 15) is 17.6 Å². The Labute approximate surface area is 107 Å². The Morgan fingerprint density at radius 1 is 1.44 bits per heavy atom. The fraction of sp³-hybridized carbons (Fsp3) is 0.222. The summed E-state index contributed by atoms with van der Waals surface area (Å²) in [4.78, 5) is 11.1. The zero-order valence-corrected chi connectivity index (χ0v) is 10.5. The Morgan fingerprint density at radius 3 is 2.72 bits per heavy atom. The quantitative estimate of drug-likeness (QED) is 0.918. The van der Waals surface area contributed by atoms with Gasteiger partial charge in [-0.2, -0.15) is 12.7 Å². The summed E-state index contributed by atoms with van der Waals surface area (Å²) in [6.45, 7) is -0.133. The first kappa shape index (κ1) is 12.9. The predicted molar refractivity (Wildman–Crippen MR) is 62.0 cm³/mol. The van der Waals surface area contributed by atoms with Crippen LogP contribution in [0.4, 0.5) is 14.9 Å². The number of hydrogen-bond donors (Lipinski definition) is 1. The van der Waals surface area contributed by atoms with E-state index in [0.29, 0.717) is 4.31 Å². The van der Waals surface area contributed by atoms with Crippen molar-refractivity contribution >= 4 is 33.6 Å². The van der Waals surface area contributed by atoms with Gasteiger partial charge in [0.1, 0.15) is 12.4 Å². The lowest BCUT2D eigenvalue weighted by atomic mass is 10.3. The largest absolute Gasteiger partial charge is 0.447 e. The summed E-state index contributed by atoms with van der Waals surface area (Å²) in [6, 6.07) is 3.45. The smallest absolute Gasteiger partial charge is 0.425 e. The van der Waals surface area contributed by atoms with Crippen LogP contribution >= 0.6 is 11.6 Å². The Balaban J connectivity index is 2.25. The van der Waals surface area contributed by atoms with Crippen LogP contribution in [0.1, 0.15) is 0 Å². The number of anilines is 1. The fourth-order valence-electron chi connectivity index (χ4n) is 1.36. The summed E-state index contributed by atoms with van der Waals surface area (Å²) < 4.78 is 43.9. The first-order chi connectivity index (χ1) is 8.40. The van der Waals surface area contributed by atoms with Crippen molar-refractivity contribution < 1.29 is 22.3 Å². The van der Waals surface area contributed by atoms with Gasteiger partial charge in [0, 0.05) is 5.02 Å². The summed E-state index contributed by atoms with van der Waals surface area (Å²) in [5.74, 6) is -0.835. The van der Waals surface area contributed by atoms with Gasteiger partial charge in [-0.05, 0) is 18.2 Å². The Kier molecular flexibility index (Phi) is 3.31. The van der Waals surface area contributed by atoms with Crippen molar-refractivity contribution in [3.8, 4) is 0 Å². The van der Waals surface area contributed by atoms with Crippen molar-refractivity contribution in [2.75, 3.05) is 17.9 Å². The van der Waals surface area contributed by atoms with Gasteiger partial charge >= 0.3 is 16.3 Å². The summed E-state index contributed by atoms with van der Waals surface area (Å²) >= 11 is 5.54. The number of hydrogen-bond acceptors (Lipinski definition) is 4. The number of nitrogens with one attached hydrogen (secondary N) is 1. The van der Waals surface area contributed by atoms with E-state index in [4.69, 9.17) is 11.6 Å². The fourth-order valence-corrected chi connectivity index (χ4v) is 2.64. The van der Waals surface area contributed by atoms with Crippen molar-refractivity contribution in [3.63, 3.8) is 0 Å². The van der Waals surface area contributed by atoms with Crippen LogP contribution in [0, 0.1) is 5.82 Å². The molecule has 9 heteroatoms. The highest BCUT2D eigenvalue weighted by Crippen LogP contribution is 2.21. The maximum atomic E-state index is 13.4. The maximum Gasteiger partial charge on any atom is 0.425 e. The van der Waals surface area contributed by atoms with Gasteiger partial charge in [-0.25, -0.2) is 9.18 Å². The molecule has 1 amide bonds. The zero-order valence-electron chi connectivity index (χ0n) is 8.89. The average molecular weight is 295 g/mol. The lowest BCUT2D eigenvalue weighted by molar-refractivity contribution is 0.170. The van der Waals surface area contributed by atoms with E-state index < -0.39 is 22.1 Å². The third kappa shape index (κ3) is 2.49. The zero-order chi connectivity index (χ0) is 13.3. The third-order valence-electron chi connectivity index (χ3n) is 2.18. The molecule has 0 radical (unpaired) electrons. The lowest BCUT2D eigenvalue weighted by Gasteiger charge is -2.15. The van der Waals surface area contributed by atoms with Crippen LogP contribution in [0.5, 0.6) is 0 Å². The Hall–Kier alpha value is -1.54. The highest BCUT2D eigenvalue weighted by atomic mass is 35.5. The molecule has 1 aliphatic heterocycles. The molecule has 1 aromatic carbocycles. The minimum Gasteiger partial charge on any atom is -0.447 e. The second-order valence-corrected chi connectivity index (χ2v) is 5.45. The molecule has 0 saturated carbocycles. The topological polar surface area (TPSA) is 75.7 Å². The number of halogens is 2. The number of nitrogens with zero attached hydrogens (tertiary/aromatic N) is 1. The number of benzene rings is 1. The molecule has 98 valence electrons. The standard InChI is InChI=1S/C9H8ClFN2O4S/c10-6-1-2-8(7(11)5-6)12-18(15,16)13-3-4-17-9(13)14/h1-2,5,12H,3-4H2. The number of rotatable bonds is 3. The van der Waals surface area contributed by atoms with E-state index in [-0.39, 0.29) is 23.9 Å². The van der Waals surface area contributed by atoms with E-state index in [1.807, 2.05) is 4.72 Å². The van der Waals surface area contributed by atoms with Gasteiger partial charge in [0.25, 0.3) is 0 Å². The van der Waals surface area contributed by atoms with E-state index in [1.165, 1.54) is 6.07 Å². The van der Waals surface area contributed by atoms with Crippen LogP contribution < -0.4 is 4.72 Å². The van der Waals surface area contributed by atoms with Gasteiger partial charge < -0.3 is 4.74 Å². The van der Waals surface area contributed by atoms with Crippen LogP contribution in [-0.2, 0) is 14.9 Å². The molecule has 1 heterocycles. The van der Waals surface area contributed by atoms with E-state index in [0.717, 1.165) is 12.1 Å². The SMILES string of the molecule is O=C1OCCN1S(=O)(=O)Nc1ccc(Cl)cc1F. The molecule has 6 nitrogen and oxygen atoms in total. The normalized spacial score (nSPS) is 15.7. The van der Waals surface area contributed by atoms with Crippen molar-refractivity contribution in [2.45, 2.75) is 0 Å². The Morgan fingerprint density at radius 2 is 2.17 bits per heavy atom. The number of carbonyl (C=O) groups excluding carboxylic acids is 1. The molecule has 0 spiro atoms. The minimum absolute atomic E-state index is 0.0250. The molecule has 0 bridgehead atoms. The van der Waals surface area contributed by atoms with Gasteiger partial charge in [-0.1, -0.05) is 11.6 Å². The van der Waals surface area contributed by atoms with Gasteiger partial charge in [0.15, 0.2) is 0 Å². The summed E-state index contributed by atoms with van der Waals surface area (Å²) in [5.41, 5.74) is -0.292. The molecular weight excluding hydrogens is 287 g/mol. The molecule has 18 heavy (non-hydrogen) atoms. The molecule has 0 atom stereocenters. The molecule has 2 rings (SSSR count). The number of cyclic esters (lactones) is 1. The third-order valence-corrected chi connectivity index (χ3v) is 3.81. The molecule has 1 saturated heterocycles. The van der Waals surface area contributed by atoms with Crippen LogP contribution in [0.25, 0.3) is 0 Å². The molecule has 1 N–H and O–H groups in total. The van der Waals surface area contributed by atoms with Gasteiger partial charge in [0.2, 0.25) is 0 Å². The maximum absolute atomic E-state index is 13.4. The summed E-state index contributed by atoms with van der Waals surface area (Å²) in [7, 11) is -4.17. The van der Waals surface area contributed by atoms with Crippen LogP contribution in [-0.4, -0.2) is 32.0 Å². The van der Waals surface area contributed by atoms with Gasteiger partial charge in [0.05, 0.1) is 12.2 Å². The first-order valence-corrected chi connectivity index (χ1v) is 6.64. The van der Waals surface area contributed by atoms with Gasteiger partial charge in [-0.15, -0.1) is 0 Å². The molecule has 1 fully saturated rings. The molecule has 1 aromatic rings. The second kappa shape index (κ2) is 4.62. The number of amides is 1. The minimum atomic E-state index is -4.17. The Bertz CT molecular complexity index is 592. The van der Waals surface area contributed by atoms with Crippen LogP contribution in [0.15, 0.2) is 18.2 Å². The van der Waals surface area contributed by atoms with Crippen LogP contribution in [0.3, 0.4) is 0 Å². The second-order valence-electron chi connectivity index (χ2n) is 3.42. The molecule has 0 aromatic heterocycles. The highest BCUT2D eigenvalue weighted by molar-refractivity contribution is 7.90. The first-order valence-electron chi connectivity index (χ1n) is 4.82. The van der Waals surface area contributed by atoms with Crippen molar-refractivity contribution in [1.82, 2.24) is 4.31 Å². The summed E-state index contributed by atoms with van der Waals surface area (Å²) in [6.07, 6.45) is -0.989. The van der Waals surface area contributed by atoms with E-state index in [2.05, 4.69) is 4.74 Å². The highest BCUT2D eigenvalue weighted by Gasteiger charge is 2.33. The predicted octanol–water partition coefficient (Wildman–Crippen LogP) is 1.59. The van der Waals surface area contributed by atoms with Crippen molar-refractivity contribution in [2.24, 2.45) is 0 Å². The van der Waals surface area contributed by atoms with E-state index >= 15 is 0 Å². The van der Waals surface area contributed by atoms with Crippen LogP contribution in [0.2, 0.25) is 5.02 Å². The summed E-state index contributed by atoms with van der Waals surface area (Å²) in [5, 5.41) is 0.135.